The summed E-state index contributed by atoms with van der Waals surface area (Å²) in [6.07, 6.45) is 3.68. The summed E-state index contributed by atoms with van der Waals surface area (Å²) in [5, 5.41) is 7.90. The molecular formula is C23H28ClN7O5S. The van der Waals surface area contributed by atoms with Gasteiger partial charge in [0.15, 0.2) is 5.82 Å². The van der Waals surface area contributed by atoms with E-state index in [4.69, 9.17) is 21.1 Å². The molecule has 1 saturated heterocycles. The third kappa shape index (κ3) is 5.05. The van der Waals surface area contributed by atoms with Gasteiger partial charge in [0.25, 0.3) is 0 Å². The van der Waals surface area contributed by atoms with Crippen LogP contribution in [0.3, 0.4) is 0 Å². The Labute approximate surface area is 220 Å². The number of amides is 1. The topological polar surface area (TPSA) is 141 Å². The molecule has 0 bridgehead atoms. The van der Waals surface area contributed by atoms with Crippen molar-refractivity contribution < 1.29 is 22.7 Å². The summed E-state index contributed by atoms with van der Waals surface area (Å²) >= 11 is 5.88. The third-order valence-corrected chi connectivity index (χ3v) is 8.63. The van der Waals surface area contributed by atoms with Crippen LogP contribution in [-0.2, 0) is 14.8 Å². The number of aromatic nitrogens is 5. The molecule has 3 heterocycles. The maximum absolute atomic E-state index is 13.5. The Morgan fingerprint density at radius 2 is 1.73 bits per heavy atom. The van der Waals surface area contributed by atoms with Gasteiger partial charge < -0.3 is 14.4 Å². The number of likely N-dealkylation sites (tertiary alicyclic amines) is 1. The van der Waals surface area contributed by atoms with Gasteiger partial charge in [-0.15, -0.1) is 10.2 Å². The Morgan fingerprint density at radius 1 is 1.11 bits per heavy atom. The van der Waals surface area contributed by atoms with E-state index in [1.807, 2.05) is 0 Å². The smallest absolute Gasteiger partial charge is 0.243 e. The number of benzene rings is 1. The zero-order valence-corrected chi connectivity index (χ0v) is 22.6. The highest BCUT2D eigenvalue weighted by Gasteiger charge is 2.37. The molecule has 1 aliphatic heterocycles. The van der Waals surface area contributed by atoms with Crippen LogP contribution in [0.25, 0.3) is 5.69 Å². The summed E-state index contributed by atoms with van der Waals surface area (Å²) in [6.45, 7) is 3.27. The van der Waals surface area contributed by atoms with E-state index in [1.165, 1.54) is 31.2 Å². The van der Waals surface area contributed by atoms with Gasteiger partial charge in [0.1, 0.15) is 23.0 Å². The number of sulfonamides is 1. The number of halogens is 1. The predicted octanol–water partition coefficient (Wildman–Crippen LogP) is 2.96. The van der Waals surface area contributed by atoms with E-state index in [-0.39, 0.29) is 11.9 Å². The van der Waals surface area contributed by atoms with Crippen molar-refractivity contribution in [3.05, 3.63) is 47.3 Å². The molecule has 1 fully saturated rings. The van der Waals surface area contributed by atoms with E-state index in [9.17, 15) is 13.2 Å². The molecule has 1 N–H and O–H groups in total. The number of nitrogens with one attached hydrogen (secondary N) is 1. The summed E-state index contributed by atoms with van der Waals surface area (Å²) < 4.78 is 42.3. The van der Waals surface area contributed by atoms with Crippen LogP contribution in [0.15, 0.2) is 30.6 Å². The Balaban J connectivity index is 1.80. The fourth-order valence-electron chi connectivity index (χ4n) is 4.21. The Kier molecular flexibility index (Phi) is 7.55. The number of carbonyl (C=O) groups is 1. The molecule has 12 nitrogen and oxygen atoms in total. The lowest BCUT2D eigenvalue weighted by Crippen LogP contribution is -2.32. The lowest BCUT2D eigenvalue weighted by atomic mass is 10.1. The molecule has 0 aliphatic carbocycles. The number of hydrogen-bond donors (Lipinski definition) is 1. The first kappa shape index (κ1) is 26.6. The molecule has 1 aromatic carbocycles. The number of rotatable bonds is 9. The molecule has 37 heavy (non-hydrogen) atoms. The van der Waals surface area contributed by atoms with Crippen LogP contribution in [0.1, 0.15) is 50.3 Å². The van der Waals surface area contributed by atoms with Crippen molar-refractivity contribution in [2.24, 2.45) is 0 Å². The van der Waals surface area contributed by atoms with Crippen molar-refractivity contribution in [3.8, 4) is 17.2 Å². The molecule has 1 aliphatic rings. The minimum absolute atomic E-state index is 0.0425. The van der Waals surface area contributed by atoms with E-state index < -0.39 is 27.2 Å². The molecule has 1 unspecified atom stereocenters. The number of ether oxygens (including phenoxy) is 2. The highest BCUT2D eigenvalue weighted by atomic mass is 35.5. The summed E-state index contributed by atoms with van der Waals surface area (Å²) in [7, 11) is 0.642. The molecule has 3 atom stereocenters. The van der Waals surface area contributed by atoms with Crippen LogP contribution in [0.2, 0.25) is 5.02 Å². The van der Waals surface area contributed by atoms with Gasteiger partial charge in [0, 0.05) is 31.8 Å². The maximum atomic E-state index is 13.5. The zero-order valence-electron chi connectivity index (χ0n) is 21.0. The lowest BCUT2D eigenvalue weighted by Gasteiger charge is -2.24. The van der Waals surface area contributed by atoms with Gasteiger partial charge in [0.05, 0.1) is 30.5 Å². The summed E-state index contributed by atoms with van der Waals surface area (Å²) in [6, 6.07) is 4.75. The number of para-hydroxylation sites is 1. The van der Waals surface area contributed by atoms with Gasteiger partial charge in [-0.25, -0.2) is 18.4 Å². The number of nitrogens with zero attached hydrogens (tertiary/aromatic N) is 6. The normalized spacial score (nSPS) is 17.5. The quantitative estimate of drug-likeness (QED) is 0.426. The van der Waals surface area contributed by atoms with Crippen LogP contribution in [0, 0.1) is 0 Å². The van der Waals surface area contributed by atoms with Gasteiger partial charge in [-0.1, -0.05) is 24.6 Å². The lowest BCUT2D eigenvalue weighted by molar-refractivity contribution is -0.127. The summed E-state index contributed by atoms with van der Waals surface area (Å²) in [5.74, 6) is 0.843. The Bertz CT molecular complexity index is 1370. The largest absolute Gasteiger partial charge is 0.494 e. The van der Waals surface area contributed by atoms with E-state index >= 15 is 0 Å². The second-order valence-electron chi connectivity index (χ2n) is 8.69. The van der Waals surface area contributed by atoms with Crippen molar-refractivity contribution in [2.75, 3.05) is 26.0 Å². The van der Waals surface area contributed by atoms with Crippen LogP contribution < -0.4 is 14.2 Å². The average Bonchev–Trinajstić information content (AvgIpc) is 3.44. The molecule has 3 aromatic rings. The van der Waals surface area contributed by atoms with Crippen molar-refractivity contribution in [2.45, 2.75) is 43.9 Å². The molecule has 0 spiro atoms. The first-order chi connectivity index (χ1) is 17.6. The van der Waals surface area contributed by atoms with E-state index in [1.54, 1.807) is 44.0 Å². The second kappa shape index (κ2) is 10.5. The van der Waals surface area contributed by atoms with Crippen LogP contribution in [-0.4, -0.2) is 70.5 Å². The standard InChI is InChI=1S/C23H28ClN7O5S/c1-13(21-25-11-15(24)12-26-21)14(2)37(33,34)29-23-28-27-22(16-9-10-19(32)30(16)3)31(23)20-17(35-4)7-6-8-18(20)36-5/h6-8,11-14,16H,9-10H2,1-5H3,(H,28,29)/t13-,14-,16?/m0/s1. The van der Waals surface area contributed by atoms with Crippen molar-refractivity contribution in [1.82, 2.24) is 29.6 Å². The van der Waals surface area contributed by atoms with Crippen LogP contribution in [0.5, 0.6) is 11.5 Å². The first-order valence-corrected chi connectivity index (χ1v) is 13.4. The van der Waals surface area contributed by atoms with Gasteiger partial charge in [-0.05, 0) is 25.5 Å². The van der Waals surface area contributed by atoms with E-state index in [2.05, 4.69) is 24.9 Å². The molecule has 0 radical (unpaired) electrons. The fraction of sp³-hybridized carbons (Fsp3) is 0.435. The zero-order chi connectivity index (χ0) is 26.9. The van der Waals surface area contributed by atoms with Gasteiger partial charge in [-0.2, -0.15) is 0 Å². The van der Waals surface area contributed by atoms with Crippen molar-refractivity contribution in [3.63, 3.8) is 0 Å². The molecular weight excluding hydrogens is 522 g/mol. The van der Waals surface area contributed by atoms with E-state index in [0.29, 0.717) is 46.7 Å². The van der Waals surface area contributed by atoms with Crippen LogP contribution in [0.4, 0.5) is 5.95 Å². The van der Waals surface area contributed by atoms with Crippen LogP contribution >= 0.6 is 11.6 Å². The third-order valence-electron chi connectivity index (χ3n) is 6.58. The van der Waals surface area contributed by atoms with Gasteiger partial charge in [0.2, 0.25) is 21.9 Å². The SMILES string of the molecule is COc1cccc(OC)c1-n1c(NS(=O)(=O)[C@@H](C)[C@H](C)c2ncc(Cl)cn2)nnc1C1CCC(=O)N1C. The molecule has 2 aromatic heterocycles. The molecule has 14 heteroatoms. The van der Waals surface area contributed by atoms with E-state index in [0.717, 1.165) is 0 Å². The second-order valence-corrected chi connectivity index (χ2v) is 11.2. The summed E-state index contributed by atoms with van der Waals surface area (Å²) in [5.41, 5.74) is 0.402. The van der Waals surface area contributed by atoms with Crippen molar-refractivity contribution in [1.29, 1.82) is 0 Å². The highest BCUT2D eigenvalue weighted by Crippen LogP contribution is 2.40. The number of methoxy groups -OCH3 is 2. The molecule has 1 amide bonds. The first-order valence-electron chi connectivity index (χ1n) is 11.5. The predicted molar refractivity (Wildman–Crippen MR) is 137 cm³/mol. The monoisotopic (exact) mass is 549 g/mol. The minimum atomic E-state index is -4.02. The number of anilines is 1. The highest BCUT2D eigenvalue weighted by molar-refractivity contribution is 7.93. The minimum Gasteiger partial charge on any atom is -0.494 e. The van der Waals surface area contributed by atoms with Crippen molar-refractivity contribution >= 4 is 33.5 Å². The Hall–Kier alpha value is -3.45. The maximum Gasteiger partial charge on any atom is 0.243 e. The van der Waals surface area contributed by atoms with Gasteiger partial charge >= 0.3 is 0 Å². The number of carbonyl (C=O) groups excluding carboxylic acids is 1. The summed E-state index contributed by atoms with van der Waals surface area (Å²) in [4.78, 5) is 22.2. The Morgan fingerprint density at radius 3 is 2.27 bits per heavy atom. The number of hydrogen-bond acceptors (Lipinski definition) is 9. The molecule has 198 valence electrons. The molecule has 0 saturated carbocycles. The molecule has 4 rings (SSSR count). The fourth-order valence-corrected chi connectivity index (χ4v) is 5.54. The average molecular weight is 550 g/mol. The van der Waals surface area contributed by atoms with Gasteiger partial charge in [-0.3, -0.25) is 14.1 Å².